The zero-order valence-corrected chi connectivity index (χ0v) is 46.8. The van der Waals surface area contributed by atoms with Crippen molar-refractivity contribution < 1.29 is 73.8 Å². The molecule has 4 unspecified atom stereocenters. The van der Waals surface area contributed by atoms with E-state index in [4.69, 9.17) is 28.4 Å². The van der Waals surface area contributed by atoms with E-state index in [-0.39, 0.29) is 26.1 Å². The number of aliphatic hydroxyl groups is 7. The van der Waals surface area contributed by atoms with Crippen LogP contribution in [0.1, 0.15) is 239 Å². The van der Waals surface area contributed by atoms with Crippen molar-refractivity contribution in [2.75, 3.05) is 26.4 Å². The van der Waals surface area contributed by atoms with E-state index in [1.165, 1.54) is 135 Å². The highest BCUT2D eigenvalue weighted by Gasteiger charge is 2.47. The van der Waals surface area contributed by atoms with Crippen LogP contribution in [0.5, 0.6) is 0 Å². The highest BCUT2D eigenvalue weighted by Crippen LogP contribution is 2.27. The van der Waals surface area contributed by atoms with E-state index in [1.807, 2.05) is 0 Å². The molecule has 11 atom stereocenters. The molecule has 2 fully saturated rings. The molecule has 15 nitrogen and oxygen atoms in total. The van der Waals surface area contributed by atoms with E-state index in [0.29, 0.717) is 12.8 Å². The summed E-state index contributed by atoms with van der Waals surface area (Å²) in [4.78, 5) is 25.9. The monoisotopic (exact) mass is 1070 g/mol. The first-order valence-corrected chi connectivity index (χ1v) is 30.1. The smallest absolute Gasteiger partial charge is 0.306 e. The summed E-state index contributed by atoms with van der Waals surface area (Å²) in [5.74, 6) is -0.939. The highest BCUT2D eigenvalue weighted by molar-refractivity contribution is 5.70. The molecule has 2 heterocycles. The molecule has 0 spiro atoms. The molecule has 438 valence electrons. The summed E-state index contributed by atoms with van der Waals surface area (Å²) in [6.07, 6.45) is 35.9. The Morgan fingerprint density at radius 3 is 1.28 bits per heavy atom. The summed E-state index contributed by atoms with van der Waals surface area (Å²) < 4.78 is 33.7. The van der Waals surface area contributed by atoms with E-state index in [1.54, 1.807) is 0 Å². The lowest BCUT2D eigenvalue weighted by Crippen LogP contribution is -2.61. The van der Waals surface area contributed by atoms with Crippen LogP contribution in [-0.2, 0) is 38.0 Å². The Labute approximate surface area is 453 Å². The van der Waals surface area contributed by atoms with Crippen LogP contribution in [0.3, 0.4) is 0 Å². The van der Waals surface area contributed by atoms with Crippen LogP contribution in [0.2, 0.25) is 0 Å². The molecule has 0 saturated carbocycles. The lowest BCUT2D eigenvalue weighted by atomic mass is 9.98. The Morgan fingerprint density at radius 2 is 0.800 bits per heavy atom. The fourth-order valence-electron chi connectivity index (χ4n) is 9.46. The van der Waals surface area contributed by atoms with Crippen molar-refractivity contribution in [1.82, 2.24) is 0 Å². The number of rotatable bonds is 48. The van der Waals surface area contributed by atoms with Crippen molar-refractivity contribution in [1.29, 1.82) is 0 Å². The zero-order valence-electron chi connectivity index (χ0n) is 46.8. The van der Waals surface area contributed by atoms with Gasteiger partial charge in [0, 0.05) is 12.8 Å². The second-order valence-corrected chi connectivity index (χ2v) is 21.2. The van der Waals surface area contributed by atoms with Gasteiger partial charge in [0.05, 0.1) is 19.8 Å². The largest absolute Gasteiger partial charge is 0.462 e. The van der Waals surface area contributed by atoms with Crippen LogP contribution >= 0.6 is 0 Å². The van der Waals surface area contributed by atoms with Crippen LogP contribution in [0.4, 0.5) is 0 Å². The molecule has 0 aromatic rings. The summed E-state index contributed by atoms with van der Waals surface area (Å²) in [6, 6.07) is 0. The lowest BCUT2D eigenvalue weighted by molar-refractivity contribution is -0.332. The molecular formula is C60H108O15. The standard InChI is InChI=1S/C60H108O15/c1-3-5-7-9-11-13-15-17-19-21-22-23-24-25-27-29-31-33-35-37-39-41-43-52(63)73-48(45-70-51(62)42-40-38-36-34-32-30-28-26-20-18-16-14-12-10-8-6-4-2)46-71-59-58(69)56(67)54(65)50(75-59)47-72-60-57(68)55(66)53(64)49(44-61)74-60/h12,14,18,20,28,30,48-50,53-61,64-69H,3-11,13,15-17,19,21-27,29,31-47H2,1-2H3/b14-12+,20-18+,30-28+/t48-,49+,50+,53-,54-,55?,56?,57?,58?,59+,60+/m1/s1. The fourth-order valence-corrected chi connectivity index (χ4v) is 9.46. The van der Waals surface area contributed by atoms with Gasteiger partial charge in [0.15, 0.2) is 18.7 Å². The second kappa shape index (κ2) is 46.6. The van der Waals surface area contributed by atoms with Crippen LogP contribution in [-0.4, -0.2) is 142 Å². The van der Waals surface area contributed by atoms with Gasteiger partial charge < -0.3 is 64.2 Å². The van der Waals surface area contributed by atoms with Gasteiger partial charge in [0.25, 0.3) is 0 Å². The number of aliphatic hydroxyl groups excluding tert-OH is 7. The van der Waals surface area contributed by atoms with Gasteiger partial charge in [-0.15, -0.1) is 0 Å². The number of esters is 2. The Hall–Kier alpha value is -2.28. The Bertz CT molecular complexity index is 1440. The van der Waals surface area contributed by atoms with Crippen LogP contribution < -0.4 is 0 Å². The number of unbranched alkanes of at least 4 members (excludes halogenated alkanes) is 28. The average molecular weight is 1070 g/mol. The minimum atomic E-state index is -1.77. The molecule has 2 saturated heterocycles. The van der Waals surface area contributed by atoms with Gasteiger partial charge in [-0.1, -0.05) is 211 Å². The first-order valence-electron chi connectivity index (χ1n) is 30.1. The molecular weight excluding hydrogens is 961 g/mol. The maximum Gasteiger partial charge on any atom is 0.306 e. The maximum absolute atomic E-state index is 13.1. The number of carbonyl (C=O) groups is 2. The molecule has 2 aliphatic heterocycles. The molecule has 0 aromatic heterocycles. The van der Waals surface area contributed by atoms with Gasteiger partial charge in [-0.2, -0.15) is 0 Å². The minimum Gasteiger partial charge on any atom is -0.462 e. The highest BCUT2D eigenvalue weighted by atomic mass is 16.7. The van der Waals surface area contributed by atoms with Crippen molar-refractivity contribution in [3.8, 4) is 0 Å². The lowest BCUT2D eigenvalue weighted by Gasteiger charge is -2.42. The van der Waals surface area contributed by atoms with Gasteiger partial charge in [0.1, 0.15) is 55.4 Å². The van der Waals surface area contributed by atoms with Crippen molar-refractivity contribution >= 4 is 11.9 Å². The van der Waals surface area contributed by atoms with E-state index in [2.05, 4.69) is 50.3 Å². The topological polar surface area (TPSA) is 231 Å². The van der Waals surface area contributed by atoms with Crippen molar-refractivity contribution in [3.63, 3.8) is 0 Å². The molecule has 75 heavy (non-hydrogen) atoms. The minimum absolute atomic E-state index is 0.164. The molecule has 2 rings (SSSR count). The van der Waals surface area contributed by atoms with Gasteiger partial charge in [-0.25, -0.2) is 0 Å². The third-order valence-electron chi connectivity index (χ3n) is 14.4. The number of hydrogen-bond acceptors (Lipinski definition) is 15. The first-order chi connectivity index (χ1) is 36.5. The van der Waals surface area contributed by atoms with Crippen LogP contribution in [0, 0.1) is 0 Å². The van der Waals surface area contributed by atoms with Gasteiger partial charge in [-0.3, -0.25) is 9.59 Å². The van der Waals surface area contributed by atoms with Crippen molar-refractivity contribution in [2.45, 2.75) is 306 Å². The maximum atomic E-state index is 13.1. The normalized spacial score (nSPS) is 24.7. The molecule has 0 amide bonds. The third-order valence-corrected chi connectivity index (χ3v) is 14.4. The third kappa shape index (κ3) is 33.7. The summed E-state index contributed by atoms with van der Waals surface area (Å²) in [5, 5.41) is 72.3. The van der Waals surface area contributed by atoms with E-state index in [9.17, 15) is 45.3 Å². The van der Waals surface area contributed by atoms with Crippen molar-refractivity contribution in [2.24, 2.45) is 0 Å². The van der Waals surface area contributed by atoms with Crippen LogP contribution in [0.15, 0.2) is 36.5 Å². The van der Waals surface area contributed by atoms with Gasteiger partial charge >= 0.3 is 11.9 Å². The second-order valence-electron chi connectivity index (χ2n) is 21.2. The Balaban J connectivity index is 1.74. The molecule has 7 N–H and O–H groups in total. The molecule has 0 aliphatic carbocycles. The molecule has 15 heteroatoms. The summed E-state index contributed by atoms with van der Waals surface area (Å²) in [7, 11) is 0. The van der Waals surface area contributed by atoms with E-state index in [0.717, 1.165) is 64.2 Å². The average Bonchev–Trinajstić information content (AvgIpc) is 3.40. The summed E-state index contributed by atoms with van der Waals surface area (Å²) in [6.45, 7) is 2.58. The number of hydrogen-bond donors (Lipinski definition) is 7. The molecule has 2 aliphatic rings. The van der Waals surface area contributed by atoms with E-state index < -0.39 is 92.7 Å². The van der Waals surface area contributed by atoms with E-state index >= 15 is 0 Å². The fraction of sp³-hybridized carbons (Fsp3) is 0.867. The van der Waals surface area contributed by atoms with Crippen LogP contribution in [0.25, 0.3) is 0 Å². The summed E-state index contributed by atoms with van der Waals surface area (Å²) >= 11 is 0. The first kappa shape index (κ1) is 68.8. The molecule has 0 aromatic carbocycles. The Morgan fingerprint density at radius 1 is 0.427 bits per heavy atom. The Kier molecular flexibility index (Phi) is 42.8. The predicted molar refractivity (Wildman–Crippen MR) is 294 cm³/mol. The van der Waals surface area contributed by atoms with Crippen molar-refractivity contribution in [3.05, 3.63) is 36.5 Å². The SMILES string of the molecule is CCCCC/C=C/C/C=C/C/C=C/CCCCCCC(=O)OC[C@H](CO[C@H]1O[C@@H](CO[C@H]2O[C@@H](CO)[C@@H](O)C(O)C2O)[C@@H](O)C(O)C1O)OC(=O)CCCCCCCCCCCCCCCCCCCCCCCC. The predicted octanol–water partition coefficient (Wildman–Crippen LogP) is 10.4. The number of ether oxygens (including phenoxy) is 6. The van der Waals surface area contributed by atoms with Gasteiger partial charge in [0.2, 0.25) is 0 Å². The zero-order chi connectivity index (χ0) is 54.6. The number of allylic oxidation sites excluding steroid dienone is 6. The number of carbonyl (C=O) groups excluding carboxylic acids is 2. The summed E-state index contributed by atoms with van der Waals surface area (Å²) in [5.41, 5.74) is 0. The molecule has 0 bridgehead atoms. The quantitative estimate of drug-likeness (QED) is 0.0171. The van der Waals surface area contributed by atoms with Gasteiger partial charge in [-0.05, 0) is 51.4 Å². The molecule has 0 radical (unpaired) electrons.